The number of nitrogens with zero attached hydrogens (tertiary/aromatic N) is 4. The number of fused-ring (bicyclic) bond motifs is 1. The largest absolute Gasteiger partial charge is 0.497 e. The summed E-state index contributed by atoms with van der Waals surface area (Å²) in [5.74, 6) is 1.47. The molecular formula is C18H18N4O2. The van der Waals surface area contributed by atoms with Crippen molar-refractivity contribution in [1.82, 2.24) is 14.5 Å². The van der Waals surface area contributed by atoms with Crippen LogP contribution in [-0.4, -0.2) is 34.7 Å². The molecule has 0 saturated carbocycles. The van der Waals surface area contributed by atoms with Crippen molar-refractivity contribution in [3.05, 3.63) is 53.1 Å². The average Bonchev–Trinajstić information content (AvgIpc) is 3.17. The third-order valence-electron chi connectivity index (χ3n) is 4.38. The zero-order valence-corrected chi connectivity index (χ0v) is 13.5. The van der Waals surface area contributed by atoms with E-state index in [2.05, 4.69) is 14.9 Å². The van der Waals surface area contributed by atoms with Crippen LogP contribution in [0.2, 0.25) is 0 Å². The summed E-state index contributed by atoms with van der Waals surface area (Å²) in [5.41, 5.74) is 1.35. The number of hydrogen-bond acceptors (Lipinski definition) is 5. The number of anilines is 1. The highest BCUT2D eigenvalue weighted by molar-refractivity contribution is 5.78. The van der Waals surface area contributed by atoms with Crippen LogP contribution in [0.3, 0.4) is 0 Å². The lowest BCUT2D eigenvalue weighted by Gasteiger charge is -2.15. The Labute approximate surface area is 139 Å². The van der Waals surface area contributed by atoms with E-state index in [0.29, 0.717) is 16.9 Å². The van der Waals surface area contributed by atoms with Gasteiger partial charge in [-0.15, -0.1) is 0 Å². The smallest absolute Gasteiger partial charge is 0.266 e. The van der Waals surface area contributed by atoms with E-state index in [4.69, 9.17) is 4.74 Å². The predicted molar refractivity (Wildman–Crippen MR) is 93.1 cm³/mol. The molecule has 1 saturated heterocycles. The molecule has 0 N–H and O–H groups in total. The second kappa shape index (κ2) is 5.96. The van der Waals surface area contributed by atoms with Crippen LogP contribution in [0.4, 0.5) is 5.95 Å². The monoisotopic (exact) mass is 322 g/mol. The number of pyridine rings is 1. The van der Waals surface area contributed by atoms with E-state index in [9.17, 15) is 4.79 Å². The molecule has 1 aromatic carbocycles. The van der Waals surface area contributed by atoms with E-state index in [1.54, 1.807) is 24.1 Å². The summed E-state index contributed by atoms with van der Waals surface area (Å²) in [5, 5.41) is 0.524. The summed E-state index contributed by atoms with van der Waals surface area (Å²) >= 11 is 0. The van der Waals surface area contributed by atoms with Crippen LogP contribution < -0.4 is 15.2 Å². The molecule has 4 rings (SSSR count). The Morgan fingerprint density at radius 3 is 2.54 bits per heavy atom. The maximum atomic E-state index is 12.8. The molecular weight excluding hydrogens is 304 g/mol. The first kappa shape index (κ1) is 14.7. The SMILES string of the molecule is COc1ccc(-n2ccc3nc(N4CCCC4)ncc3c2=O)cc1. The summed E-state index contributed by atoms with van der Waals surface area (Å²) in [7, 11) is 1.62. The quantitative estimate of drug-likeness (QED) is 0.741. The first-order chi connectivity index (χ1) is 11.8. The topological polar surface area (TPSA) is 60.2 Å². The van der Waals surface area contributed by atoms with Gasteiger partial charge in [0, 0.05) is 31.2 Å². The molecule has 0 spiro atoms. The molecule has 1 fully saturated rings. The Kier molecular flexibility index (Phi) is 3.65. The van der Waals surface area contributed by atoms with Crippen LogP contribution in [0.15, 0.2) is 47.5 Å². The van der Waals surface area contributed by atoms with Crippen LogP contribution in [0, 0.1) is 0 Å². The minimum Gasteiger partial charge on any atom is -0.497 e. The molecule has 6 nitrogen and oxygen atoms in total. The summed E-state index contributed by atoms with van der Waals surface area (Å²) in [6, 6.07) is 9.23. The first-order valence-electron chi connectivity index (χ1n) is 8.04. The molecule has 122 valence electrons. The minimum absolute atomic E-state index is 0.120. The summed E-state index contributed by atoms with van der Waals surface area (Å²) in [6.07, 6.45) is 5.73. The first-order valence-corrected chi connectivity index (χ1v) is 8.04. The summed E-state index contributed by atoms with van der Waals surface area (Å²) in [4.78, 5) is 23.9. The van der Waals surface area contributed by atoms with E-state index in [1.165, 1.54) is 12.8 Å². The van der Waals surface area contributed by atoms with Gasteiger partial charge >= 0.3 is 0 Å². The molecule has 0 bridgehead atoms. The number of rotatable bonds is 3. The predicted octanol–water partition coefficient (Wildman–Crippen LogP) is 2.39. The van der Waals surface area contributed by atoms with Crippen molar-refractivity contribution in [2.45, 2.75) is 12.8 Å². The second-order valence-corrected chi connectivity index (χ2v) is 5.85. The van der Waals surface area contributed by atoms with Gasteiger partial charge in [0.25, 0.3) is 5.56 Å². The number of methoxy groups -OCH3 is 1. The molecule has 2 aromatic heterocycles. The maximum absolute atomic E-state index is 12.8. The molecule has 3 heterocycles. The van der Waals surface area contributed by atoms with Crippen LogP contribution in [-0.2, 0) is 0 Å². The fourth-order valence-corrected chi connectivity index (χ4v) is 3.04. The van der Waals surface area contributed by atoms with Gasteiger partial charge in [0.05, 0.1) is 18.0 Å². The standard InChI is InChI=1S/C18H18N4O2/c1-24-14-6-4-13(5-7-14)22-11-8-16-15(17(22)23)12-19-18(20-16)21-9-2-3-10-21/h4-8,11-12H,2-3,9-10H2,1H3. The Hall–Kier alpha value is -2.89. The zero-order chi connectivity index (χ0) is 16.5. The molecule has 0 amide bonds. The van der Waals surface area contributed by atoms with Gasteiger partial charge in [-0.25, -0.2) is 9.97 Å². The van der Waals surface area contributed by atoms with Gasteiger partial charge in [-0.1, -0.05) is 0 Å². The maximum Gasteiger partial charge on any atom is 0.266 e. The van der Waals surface area contributed by atoms with E-state index in [1.807, 2.05) is 30.3 Å². The lowest BCUT2D eigenvalue weighted by Crippen LogP contribution is -2.22. The van der Waals surface area contributed by atoms with Gasteiger partial charge in [0.15, 0.2) is 0 Å². The number of ether oxygens (including phenoxy) is 1. The van der Waals surface area contributed by atoms with Crippen molar-refractivity contribution in [1.29, 1.82) is 0 Å². The minimum atomic E-state index is -0.120. The number of aromatic nitrogens is 3. The van der Waals surface area contributed by atoms with Crippen LogP contribution in [0.5, 0.6) is 5.75 Å². The van der Waals surface area contributed by atoms with Crippen molar-refractivity contribution in [3.63, 3.8) is 0 Å². The fraction of sp³-hybridized carbons (Fsp3) is 0.278. The molecule has 6 heteroatoms. The van der Waals surface area contributed by atoms with E-state index >= 15 is 0 Å². The van der Waals surface area contributed by atoms with Crippen LogP contribution in [0.1, 0.15) is 12.8 Å². The highest BCUT2D eigenvalue weighted by Crippen LogP contribution is 2.18. The number of benzene rings is 1. The van der Waals surface area contributed by atoms with Gasteiger partial charge in [-0.3, -0.25) is 9.36 Å². The van der Waals surface area contributed by atoms with Gasteiger partial charge in [0.2, 0.25) is 5.95 Å². The fourth-order valence-electron chi connectivity index (χ4n) is 3.04. The van der Waals surface area contributed by atoms with Crippen molar-refractivity contribution >= 4 is 16.9 Å². The number of hydrogen-bond donors (Lipinski definition) is 0. The molecule has 0 atom stereocenters. The Bertz CT molecular complexity index is 928. The lowest BCUT2D eigenvalue weighted by molar-refractivity contribution is 0.414. The van der Waals surface area contributed by atoms with Crippen LogP contribution >= 0.6 is 0 Å². The Morgan fingerprint density at radius 2 is 1.83 bits per heavy atom. The third kappa shape index (κ3) is 2.50. The van der Waals surface area contributed by atoms with Gasteiger partial charge in [-0.2, -0.15) is 0 Å². The van der Waals surface area contributed by atoms with E-state index in [0.717, 1.165) is 24.5 Å². The van der Waals surface area contributed by atoms with Crippen LogP contribution in [0.25, 0.3) is 16.6 Å². The second-order valence-electron chi connectivity index (χ2n) is 5.85. The molecule has 0 aliphatic carbocycles. The molecule has 1 aliphatic heterocycles. The van der Waals surface area contributed by atoms with Crippen molar-refractivity contribution < 1.29 is 4.74 Å². The average molecular weight is 322 g/mol. The summed E-state index contributed by atoms with van der Waals surface area (Å²) in [6.45, 7) is 1.96. The van der Waals surface area contributed by atoms with Crippen molar-refractivity contribution in [2.24, 2.45) is 0 Å². The Morgan fingerprint density at radius 1 is 1.08 bits per heavy atom. The zero-order valence-electron chi connectivity index (χ0n) is 13.5. The van der Waals surface area contributed by atoms with Gasteiger partial charge < -0.3 is 9.64 Å². The van der Waals surface area contributed by atoms with E-state index < -0.39 is 0 Å². The van der Waals surface area contributed by atoms with Gasteiger partial charge in [-0.05, 0) is 43.2 Å². The van der Waals surface area contributed by atoms with Crippen molar-refractivity contribution in [3.8, 4) is 11.4 Å². The highest BCUT2D eigenvalue weighted by atomic mass is 16.5. The van der Waals surface area contributed by atoms with Gasteiger partial charge in [0.1, 0.15) is 5.75 Å². The molecule has 3 aromatic rings. The highest BCUT2D eigenvalue weighted by Gasteiger charge is 2.16. The lowest BCUT2D eigenvalue weighted by atomic mass is 10.2. The molecule has 24 heavy (non-hydrogen) atoms. The molecule has 1 aliphatic rings. The molecule has 0 unspecified atom stereocenters. The Balaban J connectivity index is 1.77. The van der Waals surface area contributed by atoms with Crippen molar-refractivity contribution in [2.75, 3.05) is 25.1 Å². The van der Waals surface area contributed by atoms with E-state index in [-0.39, 0.29) is 5.56 Å². The normalized spacial score (nSPS) is 14.3. The third-order valence-corrected chi connectivity index (χ3v) is 4.38. The molecule has 0 radical (unpaired) electrons. The summed E-state index contributed by atoms with van der Waals surface area (Å²) < 4.78 is 6.75.